The Morgan fingerprint density at radius 1 is 1.36 bits per heavy atom. The summed E-state index contributed by atoms with van der Waals surface area (Å²) in [6.45, 7) is 1.88. The van der Waals surface area contributed by atoms with Crippen molar-refractivity contribution in [2.75, 3.05) is 0 Å². The number of hydrogen-bond acceptors (Lipinski definition) is 2. The zero-order chi connectivity index (χ0) is 10.1. The predicted molar refractivity (Wildman–Crippen MR) is 53.7 cm³/mol. The van der Waals surface area contributed by atoms with Crippen LogP contribution in [0.5, 0.6) is 0 Å². The second-order valence-electron chi connectivity index (χ2n) is 4.67. The molecule has 2 aliphatic carbocycles. The van der Waals surface area contributed by atoms with Crippen LogP contribution in [0.3, 0.4) is 0 Å². The Balaban J connectivity index is 1.97. The van der Waals surface area contributed by atoms with Gasteiger partial charge < -0.3 is 10.4 Å². The van der Waals surface area contributed by atoms with Crippen molar-refractivity contribution < 1.29 is 9.90 Å². The van der Waals surface area contributed by atoms with Gasteiger partial charge in [-0.2, -0.15) is 0 Å². The molecule has 0 radical (unpaired) electrons. The number of amides is 1. The summed E-state index contributed by atoms with van der Waals surface area (Å²) >= 11 is 0. The monoisotopic (exact) mass is 197 g/mol. The highest BCUT2D eigenvalue weighted by Gasteiger charge is 2.42. The molecule has 14 heavy (non-hydrogen) atoms. The van der Waals surface area contributed by atoms with Crippen LogP contribution >= 0.6 is 0 Å². The van der Waals surface area contributed by atoms with Gasteiger partial charge in [-0.15, -0.1) is 0 Å². The third-order valence-electron chi connectivity index (χ3n) is 3.72. The van der Waals surface area contributed by atoms with E-state index in [4.69, 9.17) is 0 Å². The minimum Gasteiger partial charge on any atom is -0.393 e. The summed E-state index contributed by atoms with van der Waals surface area (Å²) in [5, 5.41) is 12.7. The topological polar surface area (TPSA) is 49.3 Å². The van der Waals surface area contributed by atoms with Crippen LogP contribution in [0, 0.1) is 11.8 Å². The third-order valence-corrected chi connectivity index (χ3v) is 3.72. The number of carbonyl (C=O) groups excluding carboxylic acids is 1. The maximum atomic E-state index is 11.3. The predicted octanol–water partition coefficient (Wildman–Crippen LogP) is 1.06. The summed E-state index contributed by atoms with van der Waals surface area (Å²) < 4.78 is 0. The second kappa shape index (κ2) is 3.89. The van der Waals surface area contributed by atoms with Gasteiger partial charge in [0, 0.05) is 12.5 Å². The van der Waals surface area contributed by atoms with Gasteiger partial charge in [0.25, 0.3) is 0 Å². The van der Waals surface area contributed by atoms with Gasteiger partial charge in [0.05, 0.1) is 6.10 Å². The molecule has 2 fully saturated rings. The number of nitrogens with one attached hydrogen (secondary N) is 1. The van der Waals surface area contributed by atoms with E-state index in [0.29, 0.717) is 24.3 Å². The zero-order valence-corrected chi connectivity index (χ0v) is 8.70. The lowest BCUT2D eigenvalue weighted by atomic mass is 9.82. The highest BCUT2D eigenvalue weighted by atomic mass is 16.3. The van der Waals surface area contributed by atoms with Gasteiger partial charge in [-0.1, -0.05) is 6.92 Å². The molecule has 2 rings (SSSR count). The molecule has 0 aromatic rings. The standard InChI is InChI=1S/C11H19NO2/c1-2-10(14)12-11-7-3-4-8(11)6-9(13)5-7/h7-9,11,13H,2-6H2,1H3,(H,12,14). The molecule has 2 atom stereocenters. The smallest absolute Gasteiger partial charge is 0.219 e. The van der Waals surface area contributed by atoms with E-state index in [0.717, 1.165) is 12.8 Å². The van der Waals surface area contributed by atoms with Crippen molar-refractivity contribution >= 4 is 5.91 Å². The van der Waals surface area contributed by atoms with E-state index in [2.05, 4.69) is 5.32 Å². The van der Waals surface area contributed by atoms with Crippen LogP contribution in [-0.4, -0.2) is 23.2 Å². The van der Waals surface area contributed by atoms with E-state index in [1.165, 1.54) is 12.8 Å². The molecule has 0 heterocycles. The molecular weight excluding hydrogens is 178 g/mol. The van der Waals surface area contributed by atoms with E-state index < -0.39 is 0 Å². The van der Waals surface area contributed by atoms with Crippen LogP contribution in [0.1, 0.15) is 39.0 Å². The van der Waals surface area contributed by atoms with Gasteiger partial charge in [-0.3, -0.25) is 4.79 Å². The van der Waals surface area contributed by atoms with Crippen molar-refractivity contribution in [3.8, 4) is 0 Å². The first-order chi connectivity index (χ1) is 6.70. The first-order valence-electron chi connectivity index (χ1n) is 5.68. The lowest BCUT2D eigenvalue weighted by Crippen LogP contribution is -2.46. The van der Waals surface area contributed by atoms with E-state index in [9.17, 15) is 9.90 Å². The highest BCUT2D eigenvalue weighted by Crippen LogP contribution is 2.42. The Morgan fingerprint density at radius 2 is 1.93 bits per heavy atom. The summed E-state index contributed by atoms with van der Waals surface area (Å²) in [5.74, 6) is 1.21. The summed E-state index contributed by atoms with van der Waals surface area (Å²) in [7, 11) is 0. The van der Waals surface area contributed by atoms with Crippen molar-refractivity contribution in [2.45, 2.75) is 51.2 Å². The fraction of sp³-hybridized carbons (Fsp3) is 0.909. The van der Waals surface area contributed by atoms with Gasteiger partial charge in [0.2, 0.25) is 5.91 Å². The maximum Gasteiger partial charge on any atom is 0.219 e. The van der Waals surface area contributed by atoms with E-state index in [1.807, 2.05) is 6.92 Å². The molecule has 3 nitrogen and oxygen atoms in total. The molecule has 2 N–H and O–H groups in total. The molecule has 0 spiro atoms. The summed E-state index contributed by atoms with van der Waals surface area (Å²) in [5.41, 5.74) is 0. The van der Waals surface area contributed by atoms with Gasteiger partial charge in [0.1, 0.15) is 0 Å². The Labute approximate surface area is 84.9 Å². The van der Waals surface area contributed by atoms with Gasteiger partial charge >= 0.3 is 0 Å². The Bertz CT molecular complexity index is 215. The molecular formula is C11H19NO2. The van der Waals surface area contributed by atoms with E-state index >= 15 is 0 Å². The number of aliphatic hydroxyl groups excluding tert-OH is 1. The SMILES string of the molecule is CCC(=O)NC1C2CCC1CC(O)C2. The molecule has 3 heteroatoms. The Kier molecular flexibility index (Phi) is 2.77. The maximum absolute atomic E-state index is 11.3. The fourth-order valence-electron chi connectivity index (χ4n) is 3.02. The van der Waals surface area contributed by atoms with E-state index in [-0.39, 0.29) is 12.0 Å². The summed E-state index contributed by atoms with van der Waals surface area (Å²) in [6.07, 6.45) is 4.56. The first-order valence-corrected chi connectivity index (χ1v) is 5.68. The van der Waals surface area contributed by atoms with Crippen LogP contribution in [0.15, 0.2) is 0 Å². The van der Waals surface area contributed by atoms with Crippen LogP contribution in [0.4, 0.5) is 0 Å². The van der Waals surface area contributed by atoms with Gasteiger partial charge in [-0.25, -0.2) is 0 Å². The molecule has 0 aliphatic heterocycles. The van der Waals surface area contributed by atoms with Crippen LogP contribution in [0.25, 0.3) is 0 Å². The van der Waals surface area contributed by atoms with E-state index in [1.54, 1.807) is 0 Å². The van der Waals surface area contributed by atoms with Crippen molar-refractivity contribution in [3.05, 3.63) is 0 Å². The Morgan fingerprint density at radius 3 is 2.43 bits per heavy atom. The minimum atomic E-state index is -0.123. The largest absolute Gasteiger partial charge is 0.393 e. The summed E-state index contributed by atoms with van der Waals surface area (Å²) in [4.78, 5) is 11.3. The fourth-order valence-corrected chi connectivity index (χ4v) is 3.02. The van der Waals surface area contributed by atoms with Crippen molar-refractivity contribution in [1.82, 2.24) is 5.32 Å². The van der Waals surface area contributed by atoms with Crippen LogP contribution in [0.2, 0.25) is 0 Å². The van der Waals surface area contributed by atoms with Gasteiger partial charge in [-0.05, 0) is 37.5 Å². The second-order valence-corrected chi connectivity index (χ2v) is 4.67. The lowest BCUT2D eigenvalue weighted by molar-refractivity contribution is -0.122. The van der Waals surface area contributed by atoms with Crippen LogP contribution in [-0.2, 0) is 4.79 Å². The lowest BCUT2D eigenvalue weighted by Gasteiger charge is -2.33. The number of aliphatic hydroxyl groups is 1. The molecule has 1 amide bonds. The molecule has 2 unspecified atom stereocenters. The average molecular weight is 197 g/mol. The number of rotatable bonds is 2. The zero-order valence-electron chi connectivity index (χ0n) is 8.70. The molecule has 2 saturated carbocycles. The molecule has 2 bridgehead atoms. The molecule has 0 aromatic carbocycles. The molecule has 80 valence electrons. The number of carbonyl (C=O) groups is 1. The normalized spacial score (nSPS) is 41.0. The highest BCUT2D eigenvalue weighted by molar-refractivity contribution is 5.75. The van der Waals surface area contributed by atoms with Gasteiger partial charge in [0.15, 0.2) is 0 Å². The molecule has 0 saturated heterocycles. The van der Waals surface area contributed by atoms with Crippen molar-refractivity contribution in [3.63, 3.8) is 0 Å². The first kappa shape index (κ1) is 9.97. The van der Waals surface area contributed by atoms with Crippen molar-refractivity contribution in [2.24, 2.45) is 11.8 Å². The minimum absolute atomic E-state index is 0.123. The molecule has 2 aliphatic rings. The number of fused-ring (bicyclic) bond motifs is 2. The Hall–Kier alpha value is -0.570. The van der Waals surface area contributed by atoms with Crippen LogP contribution < -0.4 is 5.32 Å². The quantitative estimate of drug-likeness (QED) is 0.695. The third kappa shape index (κ3) is 1.78. The average Bonchev–Trinajstić information content (AvgIpc) is 2.41. The molecule has 0 aromatic heterocycles. The summed E-state index contributed by atoms with van der Waals surface area (Å²) in [6, 6.07) is 0.353. The number of hydrogen-bond donors (Lipinski definition) is 2. The van der Waals surface area contributed by atoms with Crippen molar-refractivity contribution in [1.29, 1.82) is 0 Å².